The van der Waals surface area contributed by atoms with Crippen molar-refractivity contribution in [1.29, 1.82) is 0 Å². The zero-order valence-electron chi connectivity index (χ0n) is 11.5. The lowest BCUT2D eigenvalue weighted by Crippen LogP contribution is -2.04. The standard InChI is InChI=1S/C17H22O2/c1-2-14-17(19)15-12-10-8-6-4-3-5-7-9-11-13-16-18/h4,6,8,10-11,13,17-19H,2,12,14-16H2,1H3/b6-4+,10-8+,13-11+/t17-/m0/s1. The highest BCUT2D eigenvalue weighted by atomic mass is 16.3. The number of hydrogen-bond acceptors (Lipinski definition) is 2. The van der Waals surface area contributed by atoms with Crippen LogP contribution in [0.1, 0.15) is 32.6 Å². The second kappa shape index (κ2) is 14.3. The third-order valence-electron chi connectivity index (χ3n) is 2.23. The summed E-state index contributed by atoms with van der Waals surface area (Å²) in [6.45, 7) is 2.07. The van der Waals surface area contributed by atoms with Crippen LogP contribution in [0, 0.1) is 23.7 Å². The molecular formula is C17H22O2. The van der Waals surface area contributed by atoms with Gasteiger partial charge in [-0.15, -0.1) is 0 Å². The molecule has 0 spiro atoms. The third-order valence-corrected chi connectivity index (χ3v) is 2.23. The van der Waals surface area contributed by atoms with E-state index in [0.29, 0.717) is 0 Å². The first-order valence-corrected chi connectivity index (χ1v) is 6.58. The van der Waals surface area contributed by atoms with Crippen molar-refractivity contribution in [3.05, 3.63) is 36.5 Å². The molecule has 102 valence electrons. The summed E-state index contributed by atoms with van der Waals surface area (Å²) < 4.78 is 0. The lowest BCUT2D eigenvalue weighted by molar-refractivity contribution is 0.155. The number of rotatable bonds is 7. The van der Waals surface area contributed by atoms with Crippen molar-refractivity contribution >= 4 is 0 Å². The Balaban J connectivity index is 3.75. The van der Waals surface area contributed by atoms with Gasteiger partial charge in [0.05, 0.1) is 12.7 Å². The molecule has 0 saturated carbocycles. The van der Waals surface area contributed by atoms with Crippen LogP contribution in [-0.2, 0) is 0 Å². The first-order valence-electron chi connectivity index (χ1n) is 6.58. The summed E-state index contributed by atoms with van der Waals surface area (Å²) in [6.07, 6.45) is 14.1. The van der Waals surface area contributed by atoms with Crippen LogP contribution in [0.2, 0.25) is 0 Å². The third kappa shape index (κ3) is 14.2. The van der Waals surface area contributed by atoms with E-state index in [4.69, 9.17) is 5.11 Å². The van der Waals surface area contributed by atoms with E-state index in [-0.39, 0.29) is 12.7 Å². The van der Waals surface area contributed by atoms with Gasteiger partial charge in [-0.1, -0.05) is 49.5 Å². The van der Waals surface area contributed by atoms with Crippen LogP contribution in [0.5, 0.6) is 0 Å². The predicted octanol–water partition coefficient (Wildman–Crippen LogP) is 2.60. The van der Waals surface area contributed by atoms with Crippen molar-refractivity contribution < 1.29 is 10.2 Å². The summed E-state index contributed by atoms with van der Waals surface area (Å²) in [5, 5.41) is 17.9. The molecule has 0 heterocycles. The topological polar surface area (TPSA) is 40.5 Å². The molecule has 0 radical (unpaired) electrons. The summed E-state index contributed by atoms with van der Waals surface area (Å²) >= 11 is 0. The van der Waals surface area contributed by atoms with Crippen LogP contribution in [-0.4, -0.2) is 22.9 Å². The minimum Gasteiger partial charge on any atom is -0.393 e. The fraction of sp³-hybridized carbons (Fsp3) is 0.412. The average Bonchev–Trinajstić information content (AvgIpc) is 2.40. The lowest BCUT2D eigenvalue weighted by atomic mass is 10.1. The van der Waals surface area contributed by atoms with Gasteiger partial charge in [0.25, 0.3) is 0 Å². The summed E-state index contributed by atoms with van der Waals surface area (Å²) in [5.41, 5.74) is 0. The molecule has 0 bridgehead atoms. The zero-order chi connectivity index (χ0) is 14.2. The van der Waals surface area contributed by atoms with E-state index in [2.05, 4.69) is 30.6 Å². The highest BCUT2D eigenvalue weighted by molar-refractivity contribution is 5.34. The van der Waals surface area contributed by atoms with Gasteiger partial charge in [0.15, 0.2) is 0 Å². The monoisotopic (exact) mass is 258 g/mol. The Labute approximate surface area is 116 Å². The summed E-state index contributed by atoms with van der Waals surface area (Å²) in [6, 6.07) is 0. The number of allylic oxidation sites excluding steroid dienone is 5. The Bertz CT molecular complexity index is 408. The van der Waals surface area contributed by atoms with Gasteiger partial charge in [-0.05, 0) is 43.3 Å². The summed E-state index contributed by atoms with van der Waals surface area (Å²) in [5.74, 6) is 10.8. The number of hydrogen-bond donors (Lipinski definition) is 2. The maximum atomic E-state index is 9.50. The Hall–Kier alpha value is -1.74. The SMILES string of the molecule is CCC[C@H](O)CC/C=C/C=C/C#CC#C/C=C/CO. The average molecular weight is 258 g/mol. The van der Waals surface area contributed by atoms with Crippen LogP contribution in [0.4, 0.5) is 0 Å². The maximum Gasteiger partial charge on any atom is 0.0621 e. The van der Waals surface area contributed by atoms with Gasteiger partial charge >= 0.3 is 0 Å². The van der Waals surface area contributed by atoms with Gasteiger partial charge in [0, 0.05) is 0 Å². The fourth-order valence-corrected chi connectivity index (χ4v) is 1.31. The molecule has 0 unspecified atom stereocenters. The van der Waals surface area contributed by atoms with Crippen LogP contribution >= 0.6 is 0 Å². The van der Waals surface area contributed by atoms with Crippen molar-refractivity contribution in [1.82, 2.24) is 0 Å². The first kappa shape index (κ1) is 17.3. The van der Waals surface area contributed by atoms with E-state index in [0.717, 1.165) is 25.7 Å². The van der Waals surface area contributed by atoms with Gasteiger partial charge in [-0.3, -0.25) is 0 Å². The van der Waals surface area contributed by atoms with Crippen molar-refractivity contribution in [2.75, 3.05) is 6.61 Å². The van der Waals surface area contributed by atoms with Crippen LogP contribution in [0.25, 0.3) is 0 Å². The summed E-state index contributed by atoms with van der Waals surface area (Å²) in [7, 11) is 0. The zero-order valence-corrected chi connectivity index (χ0v) is 11.5. The minimum atomic E-state index is -0.180. The second-order valence-electron chi connectivity index (χ2n) is 3.93. The lowest BCUT2D eigenvalue weighted by Gasteiger charge is -2.05. The second-order valence-corrected chi connectivity index (χ2v) is 3.93. The van der Waals surface area contributed by atoms with Gasteiger partial charge < -0.3 is 10.2 Å². The molecule has 0 aliphatic heterocycles. The van der Waals surface area contributed by atoms with Crippen LogP contribution in [0.3, 0.4) is 0 Å². The molecule has 0 aromatic heterocycles. The van der Waals surface area contributed by atoms with Crippen molar-refractivity contribution in [2.24, 2.45) is 0 Å². The predicted molar refractivity (Wildman–Crippen MR) is 80.2 cm³/mol. The smallest absolute Gasteiger partial charge is 0.0621 e. The molecule has 0 aromatic rings. The van der Waals surface area contributed by atoms with E-state index < -0.39 is 0 Å². The molecule has 2 N–H and O–H groups in total. The molecule has 0 amide bonds. The van der Waals surface area contributed by atoms with E-state index in [9.17, 15) is 5.11 Å². The Morgan fingerprint density at radius 1 is 1.00 bits per heavy atom. The highest BCUT2D eigenvalue weighted by Crippen LogP contribution is 2.04. The van der Waals surface area contributed by atoms with Crippen molar-refractivity contribution in [2.45, 2.75) is 38.7 Å². The number of aliphatic hydroxyl groups is 2. The van der Waals surface area contributed by atoms with E-state index >= 15 is 0 Å². The number of aliphatic hydroxyl groups excluding tert-OH is 2. The first-order chi connectivity index (χ1) is 9.31. The van der Waals surface area contributed by atoms with Gasteiger partial charge in [-0.2, -0.15) is 0 Å². The quantitative estimate of drug-likeness (QED) is 0.544. The largest absolute Gasteiger partial charge is 0.393 e. The maximum absolute atomic E-state index is 9.50. The minimum absolute atomic E-state index is 0.000239. The van der Waals surface area contributed by atoms with Crippen molar-refractivity contribution in [3.8, 4) is 23.7 Å². The molecule has 19 heavy (non-hydrogen) atoms. The normalized spacial score (nSPS) is 12.4. The Kier molecular flexibility index (Phi) is 13.0. The van der Waals surface area contributed by atoms with Gasteiger partial charge in [0.1, 0.15) is 0 Å². The van der Waals surface area contributed by atoms with E-state index in [1.165, 1.54) is 0 Å². The molecule has 1 atom stereocenters. The van der Waals surface area contributed by atoms with E-state index in [1.807, 2.05) is 18.2 Å². The van der Waals surface area contributed by atoms with Gasteiger partial charge in [-0.25, -0.2) is 0 Å². The van der Waals surface area contributed by atoms with E-state index in [1.54, 1.807) is 18.2 Å². The van der Waals surface area contributed by atoms with Gasteiger partial charge in [0.2, 0.25) is 0 Å². The molecule has 2 heteroatoms. The molecule has 0 saturated heterocycles. The molecule has 0 aliphatic carbocycles. The highest BCUT2D eigenvalue weighted by Gasteiger charge is 1.98. The molecule has 0 rings (SSSR count). The molecule has 2 nitrogen and oxygen atoms in total. The Morgan fingerprint density at radius 3 is 2.42 bits per heavy atom. The van der Waals surface area contributed by atoms with Crippen molar-refractivity contribution in [3.63, 3.8) is 0 Å². The Morgan fingerprint density at radius 2 is 1.74 bits per heavy atom. The molecule has 0 fully saturated rings. The fourth-order valence-electron chi connectivity index (χ4n) is 1.31. The summed E-state index contributed by atoms with van der Waals surface area (Å²) in [4.78, 5) is 0. The van der Waals surface area contributed by atoms with Crippen LogP contribution < -0.4 is 0 Å². The molecule has 0 aromatic carbocycles. The molecule has 0 aliphatic rings. The van der Waals surface area contributed by atoms with Crippen LogP contribution in [0.15, 0.2) is 36.5 Å². The molecular weight excluding hydrogens is 236 g/mol.